The van der Waals surface area contributed by atoms with Crippen LogP contribution < -0.4 is 10.2 Å². The van der Waals surface area contributed by atoms with Gasteiger partial charge in [-0.15, -0.1) is 0 Å². The Hall–Kier alpha value is -3.95. The standard InChI is InChI=1S/C27H24ClN7O2/c1-34-9-7-18-16(14-34)10-17(11-19(18)22-6-8-30-33-22)31-26-29-13-21(28)25(32-26)35-15-27(12-24(36)37-27)20-4-2-3-5-23(20)35/h2-6,8,10-11,13H,7,9,12,14-15H2,1H3,(H,30,33)(H,29,31,32). The number of nitrogens with zero attached hydrogens (tertiary/aromatic N) is 5. The van der Waals surface area contributed by atoms with Gasteiger partial charge in [0.05, 0.1) is 24.9 Å². The Morgan fingerprint density at radius 3 is 2.89 bits per heavy atom. The molecule has 2 aromatic carbocycles. The van der Waals surface area contributed by atoms with E-state index >= 15 is 0 Å². The number of esters is 1. The predicted molar refractivity (Wildman–Crippen MR) is 140 cm³/mol. The van der Waals surface area contributed by atoms with Crippen LogP contribution in [0.2, 0.25) is 5.02 Å². The van der Waals surface area contributed by atoms with Crippen LogP contribution in [0.5, 0.6) is 0 Å². The maximum Gasteiger partial charge on any atom is 0.311 e. The third-order valence-corrected chi connectivity index (χ3v) is 7.66. The van der Waals surface area contributed by atoms with Gasteiger partial charge in [-0.1, -0.05) is 29.8 Å². The lowest BCUT2D eigenvalue weighted by molar-refractivity contribution is -0.190. The van der Waals surface area contributed by atoms with Crippen LogP contribution in [-0.4, -0.2) is 51.2 Å². The summed E-state index contributed by atoms with van der Waals surface area (Å²) < 4.78 is 5.65. The van der Waals surface area contributed by atoms with Crippen LogP contribution in [0.15, 0.2) is 54.9 Å². The first-order chi connectivity index (χ1) is 18.0. The molecule has 2 aromatic heterocycles. The van der Waals surface area contributed by atoms with Crippen LogP contribution in [0.4, 0.5) is 23.1 Å². The lowest BCUT2D eigenvalue weighted by Crippen LogP contribution is -2.47. The molecule has 3 aliphatic rings. The number of anilines is 4. The van der Waals surface area contributed by atoms with Crippen molar-refractivity contribution in [3.8, 4) is 11.3 Å². The molecule has 37 heavy (non-hydrogen) atoms. The van der Waals surface area contributed by atoms with Gasteiger partial charge in [-0.05, 0) is 48.9 Å². The molecule has 5 heterocycles. The van der Waals surface area contributed by atoms with E-state index in [0.717, 1.165) is 47.7 Å². The molecule has 0 amide bonds. The number of carbonyl (C=O) groups excluding carboxylic acids is 1. The summed E-state index contributed by atoms with van der Waals surface area (Å²) in [6, 6.07) is 14.2. The van der Waals surface area contributed by atoms with Gasteiger partial charge >= 0.3 is 5.97 Å². The molecule has 9 nitrogen and oxygen atoms in total. The van der Waals surface area contributed by atoms with Crippen LogP contribution in [0.3, 0.4) is 0 Å². The van der Waals surface area contributed by atoms with Gasteiger partial charge in [-0.3, -0.25) is 9.89 Å². The van der Waals surface area contributed by atoms with E-state index in [1.165, 1.54) is 11.1 Å². The van der Waals surface area contributed by atoms with E-state index in [4.69, 9.17) is 21.3 Å². The summed E-state index contributed by atoms with van der Waals surface area (Å²) in [5.41, 5.74) is 6.84. The molecule has 1 atom stereocenters. The second-order valence-corrected chi connectivity index (χ2v) is 10.3. The Kier molecular flexibility index (Phi) is 4.99. The van der Waals surface area contributed by atoms with Gasteiger partial charge in [0.25, 0.3) is 0 Å². The van der Waals surface area contributed by atoms with Crippen LogP contribution in [0, 0.1) is 0 Å². The smallest absolute Gasteiger partial charge is 0.311 e. The van der Waals surface area contributed by atoms with Gasteiger partial charge in [0, 0.05) is 41.8 Å². The second-order valence-electron chi connectivity index (χ2n) is 9.86. The van der Waals surface area contributed by atoms with Crippen molar-refractivity contribution in [2.75, 3.05) is 30.4 Å². The zero-order valence-corrected chi connectivity index (χ0v) is 20.9. The summed E-state index contributed by atoms with van der Waals surface area (Å²) in [5.74, 6) is 0.806. The molecule has 0 saturated carbocycles. The first-order valence-corrected chi connectivity index (χ1v) is 12.6. The quantitative estimate of drug-likeness (QED) is 0.384. The van der Waals surface area contributed by atoms with E-state index in [1.54, 1.807) is 12.4 Å². The van der Waals surface area contributed by atoms with Gasteiger partial charge in [0.1, 0.15) is 5.02 Å². The summed E-state index contributed by atoms with van der Waals surface area (Å²) in [6.07, 6.45) is 4.69. The number of carbonyl (C=O) groups is 1. The van der Waals surface area contributed by atoms with Gasteiger partial charge in [0.15, 0.2) is 11.4 Å². The Bertz CT molecular complexity index is 1530. The zero-order chi connectivity index (χ0) is 25.1. The highest BCUT2D eigenvalue weighted by Crippen LogP contribution is 2.51. The molecule has 1 spiro atoms. The first kappa shape index (κ1) is 22.3. The predicted octanol–water partition coefficient (Wildman–Crippen LogP) is 4.55. The SMILES string of the molecule is CN1CCc2c(cc(Nc3ncc(Cl)c(N4CC5(CC(=O)O5)c5ccccc54)n3)cc2-c2ccn[nH]2)C1. The Labute approximate surface area is 218 Å². The van der Waals surface area contributed by atoms with Crippen LogP contribution >= 0.6 is 11.6 Å². The van der Waals surface area contributed by atoms with E-state index in [-0.39, 0.29) is 5.97 Å². The number of ether oxygens (including phenoxy) is 1. The summed E-state index contributed by atoms with van der Waals surface area (Å²) in [7, 11) is 2.13. The van der Waals surface area contributed by atoms with E-state index in [0.29, 0.717) is 29.8 Å². The maximum atomic E-state index is 11.8. The minimum Gasteiger partial charge on any atom is -0.451 e. The number of nitrogens with one attached hydrogen (secondary N) is 2. The fourth-order valence-corrected chi connectivity index (χ4v) is 5.88. The van der Waals surface area contributed by atoms with Crippen molar-refractivity contribution in [3.05, 3.63) is 76.6 Å². The summed E-state index contributed by atoms with van der Waals surface area (Å²) in [4.78, 5) is 25.4. The van der Waals surface area contributed by atoms with Gasteiger partial charge in [-0.25, -0.2) is 4.98 Å². The third kappa shape index (κ3) is 3.65. The Morgan fingerprint density at radius 1 is 1.22 bits per heavy atom. The topological polar surface area (TPSA) is 99.3 Å². The molecular formula is C27H24ClN7O2. The van der Waals surface area contributed by atoms with E-state index < -0.39 is 5.60 Å². The van der Waals surface area contributed by atoms with Crippen molar-refractivity contribution in [2.45, 2.75) is 25.0 Å². The van der Waals surface area contributed by atoms with E-state index in [2.05, 4.69) is 44.6 Å². The van der Waals surface area contributed by atoms with Gasteiger partial charge in [-0.2, -0.15) is 10.1 Å². The monoisotopic (exact) mass is 513 g/mol. The number of likely N-dealkylation sites (N-methyl/N-ethyl adjacent to an activating group) is 1. The number of H-pyrrole nitrogens is 1. The third-order valence-electron chi connectivity index (χ3n) is 7.39. The number of halogens is 1. The van der Waals surface area contributed by atoms with Gasteiger partial charge < -0.3 is 19.9 Å². The molecule has 10 heteroatoms. The molecular weight excluding hydrogens is 490 g/mol. The van der Waals surface area contributed by atoms with Crippen molar-refractivity contribution in [3.63, 3.8) is 0 Å². The molecule has 1 saturated heterocycles. The fourth-order valence-electron chi connectivity index (χ4n) is 5.69. The van der Waals surface area contributed by atoms with Gasteiger partial charge in [0.2, 0.25) is 5.95 Å². The minimum absolute atomic E-state index is 0.195. The zero-order valence-electron chi connectivity index (χ0n) is 20.2. The molecule has 1 fully saturated rings. The molecule has 7 rings (SSSR count). The van der Waals surface area contributed by atoms with Crippen molar-refractivity contribution in [1.82, 2.24) is 25.1 Å². The van der Waals surface area contributed by atoms with E-state index in [1.807, 2.05) is 35.2 Å². The van der Waals surface area contributed by atoms with E-state index in [9.17, 15) is 4.79 Å². The number of para-hydroxylation sites is 1. The largest absolute Gasteiger partial charge is 0.451 e. The number of fused-ring (bicyclic) bond motifs is 3. The molecule has 0 bridgehead atoms. The van der Waals surface area contributed by atoms with Crippen LogP contribution in [0.25, 0.3) is 11.3 Å². The Morgan fingerprint density at radius 2 is 2.08 bits per heavy atom. The second kappa shape index (κ2) is 8.29. The number of hydrogen-bond acceptors (Lipinski definition) is 8. The number of rotatable bonds is 4. The molecule has 2 N–H and O–H groups in total. The Balaban J connectivity index is 1.25. The van der Waals surface area contributed by atoms with Crippen molar-refractivity contribution in [1.29, 1.82) is 0 Å². The summed E-state index contributed by atoms with van der Waals surface area (Å²) >= 11 is 6.61. The van der Waals surface area contributed by atoms with Crippen LogP contribution in [0.1, 0.15) is 23.1 Å². The average molecular weight is 514 g/mol. The highest BCUT2D eigenvalue weighted by molar-refractivity contribution is 6.33. The highest BCUT2D eigenvalue weighted by atomic mass is 35.5. The molecule has 3 aliphatic heterocycles. The molecule has 0 radical (unpaired) electrons. The molecule has 186 valence electrons. The first-order valence-electron chi connectivity index (χ1n) is 12.2. The number of hydrogen-bond donors (Lipinski definition) is 2. The lowest BCUT2D eigenvalue weighted by atomic mass is 9.88. The molecule has 1 unspecified atom stereocenters. The van der Waals surface area contributed by atoms with Crippen LogP contribution in [-0.2, 0) is 28.1 Å². The van der Waals surface area contributed by atoms with Crippen molar-refractivity contribution in [2.24, 2.45) is 0 Å². The normalized spacial score (nSPS) is 20.4. The minimum atomic E-state index is -0.654. The number of aromatic amines is 1. The maximum absolute atomic E-state index is 11.8. The highest BCUT2D eigenvalue weighted by Gasteiger charge is 2.55. The summed E-state index contributed by atoms with van der Waals surface area (Å²) in [5, 5.41) is 11.1. The average Bonchev–Trinajstić information content (AvgIpc) is 3.52. The summed E-state index contributed by atoms with van der Waals surface area (Å²) in [6.45, 7) is 2.34. The lowest BCUT2D eigenvalue weighted by Gasteiger charge is -2.37. The molecule has 4 aromatic rings. The fraction of sp³-hybridized carbons (Fsp3) is 0.259. The number of benzene rings is 2. The number of aromatic nitrogens is 4. The van der Waals surface area contributed by atoms with Crippen molar-refractivity contribution >= 4 is 40.7 Å². The van der Waals surface area contributed by atoms with Crippen molar-refractivity contribution < 1.29 is 9.53 Å². The molecule has 0 aliphatic carbocycles.